The van der Waals surface area contributed by atoms with Crippen LogP contribution in [0.25, 0.3) is 0 Å². The van der Waals surface area contributed by atoms with E-state index in [1.54, 1.807) is 20.8 Å². The fourth-order valence-corrected chi connectivity index (χ4v) is 2.98. The number of carbonyl (C=O) groups is 3. The van der Waals surface area contributed by atoms with Gasteiger partial charge in [0.15, 0.2) is 6.10 Å². The number of halogens is 1. The Morgan fingerprint density at radius 1 is 1.24 bits per heavy atom. The average Bonchev–Trinajstić information content (AvgIpc) is 2.95. The lowest BCUT2D eigenvalue weighted by atomic mass is 10.1. The molecule has 1 N–H and O–H groups in total. The van der Waals surface area contributed by atoms with Crippen molar-refractivity contribution in [3.8, 4) is 0 Å². The molecule has 29 heavy (non-hydrogen) atoms. The highest BCUT2D eigenvalue weighted by molar-refractivity contribution is 6.31. The third-order valence-corrected chi connectivity index (χ3v) is 4.43. The first-order valence-electron chi connectivity index (χ1n) is 8.63. The number of benzene rings is 1. The molecule has 0 aliphatic heterocycles. The van der Waals surface area contributed by atoms with Crippen LogP contribution in [-0.2, 0) is 9.47 Å². The minimum atomic E-state index is -1.26. The number of aromatic nitrogens is 1. The van der Waals surface area contributed by atoms with Gasteiger partial charge in [-0.05, 0) is 45.4 Å². The van der Waals surface area contributed by atoms with Crippen LogP contribution in [0.1, 0.15) is 56.3 Å². The van der Waals surface area contributed by atoms with Gasteiger partial charge in [0.1, 0.15) is 5.56 Å². The summed E-state index contributed by atoms with van der Waals surface area (Å²) in [6.07, 6.45) is -1.26. The summed E-state index contributed by atoms with van der Waals surface area (Å²) in [6, 6.07) is 3.49. The van der Waals surface area contributed by atoms with Crippen LogP contribution in [-0.4, -0.2) is 40.3 Å². The number of esters is 2. The normalized spacial score (nSPS) is 11.6. The molecule has 0 aliphatic carbocycles. The number of rotatable bonds is 7. The third kappa shape index (κ3) is 4.62. The van der Waals surface area contributed by atoms with E-state index in [9.17, 15) is 24.5 Å². The third-order valence-electron chi connectivity index (χ3n) is 4.19. The SMILES string of the molecule is CCOC(=O)c1c(C)[nH]c(C(=O)C(C)OC(=O)c2ccc(Cl)cc2[N+](=O)[O-])c1C. The van der Waals surface area contributed by atoms with Gasteiger partial charge in [-0.3, -0.25) is 14.9 Å². The molecule has 0 spiro atoms. The van der Waals surface area contributed by atoms with Gasteiger partial charge in [-0.15, -0.1) is 0 Å². The molecule has 154 valence electrons. The molecule has 0 bridgehead atoms. The lowest BCUT2D eigenvalue weighted by molar-refractivity contribution is -0.385. The zero-order valence-electron chi connectivity index (χ0n) is 16.2. The van der Waals surface area contributed by atoms with Gasteiger partial charge in [0.05, 0.1) is 22.8 Å². The number of nitrogens with zero attached hydrogens (tertiary/aromatic N) is 1. The van der Waals surface area contributed by atoms with Crippen molar-refractivity contribution in [3.05, 3.63) is 61.4 Å². The lowest BCUT2D eigenvalue weighted by Crippen LogP contribution is -2.25. The summed E-state index contributed by atoms with van der Waals surface area (Å²) in [4.78, 5) is 50.4. The van der Waals surface area contributed by atoms with Crippen LogP contribution in [0.15, 0.2) is 18.2 Å². The Labute approximate surface area is 171 Å². The smallest absolute Gasteiger partial charge is 0.345 e. The zero-order chi connectivity index (χ0) is 21.9. The molecule has 1 heterocycles. The number of nitrogens with one attached hydrogen (secondary N) is 1. The van der Waals surface area contributed by atoms with Crippen molar-refractivity contribution >= 4 is 35.0 Å². The molecule has 0 fully saturated rings. The Morgan fingerprint density at radius 3 is 2.48 bits per heavy atom. The highest BCUT2D eigenvalue weighted by Gasteiger charge is 2.29. The molecule has 2 rings (SSSR count). The number of hydrogen-bond acceptors (Lipinski definition) is 7. The maximum Gasteiger partial charge on any atom is 0.345 e. The number of ether oxygens (including phenoxy) is 2. The molecule has 1 aromatic heterocycles. The van der Waals surface area contributed by atoms with E-state index >= 15 is 0 Å². The molecule has 1 atom stereocenters. The fraction of sp³-hybridized carbons (Fsp3) is 0.316. The van der Waals surface area contributed by atoms with Gasteiger partial charge in [0.2, 0.25) is 5.78 Å². The van der Waals surface area contributed by atoms with Crippen molar-refractivity contribution in [1.29, 1.82) is 0 Å². The van der Waals surface area contributed by atoms with E-state index < -0.39 is 34.4 Å². The van der Waals surface area contributed by atoms with Crippen LogP contribution in [0.5, 0.6) is 0 Å². The molecular formula is C19H19ClN2O7. The first kappa shape index (κ1) is 22.1. The monoisotopic (exact) mass is 422 g/mol. The van der Waals surface area contributed by atoms with Crippen LogP contribution >= 0.6 is 11.6 Å². The topological polar surface area (TPSA) is 129 Å². The number of nitro groups is 1. The number of H-pyrrole nitrogens is 1. The molecule has 0 amide bonds. The number of hydrogen-bond donors (Lipinski definition) is 1. The van der Waals surface area contributed by atoms with Gasteiger partial charge in [-0.25, -0.2) is 9.59 Å². The Bertz CT molecular complexity index is 997. The predicted octanol–water partition coefficient (Wildman–Crippen LogP) is 3.80. The van der Waals surface area contributed by atoms with E-state index in [0.29, 0.717) is 11.3 Å². The van der Waals surface area contributed by atoms with Crippen molar-refractivity contribution in [3.63, 3.8) is 0 Å². The Morgan fingerprint density at radius 2 is 1.90 bits per heavy atom. The van der Waals surface area contributed by atoms with Crippen LogP contribution < -0.4 is 0 Å². The molecule has 0 aliphatic rings. The number of aryl methyl sites for hydroxylation is 1. The van der Waals surface area contributed by atoms with Crippen LogP contribution in [0.2, 0.25) is 5.02 Å². The van der Waals surface area contributed by atoms with Crippen molar-refractivity contribution in [2.75, 3.05) is 6.61 Å². The van der Waals surface area contributed by atoms with E-state index in [-0.39, 0.29) is 28.5 Å². The van der Waals surface area contributed by atoms with Gasteiger partial charge in [-0.2, -0.15) is 0 Å². The Balaban J connectivity index is 2.26. The van der Waals surface area contributed by atoms with Crippen molar-refractivity contribution in [1.82, 2.24) is 4.98 Å². The minimum absolute atomic E-state index is 0.0846. The van der Waals surface area contributed by atoms with E-state index in [2.05, 4.69) is 4.98 Å². The summed E-state index contributed by atoms with van der Waals surface area (Å²) >= 11 is 5.73. The van der Waals surface area contributed by atoms with Crippen molar-refractivity contribution in [2.45, 2.75) is 33.8 Å². The molecule has 9 nitrogen and oxygen atoms in total. The highest BCUT2D eigenvalue weighted by atomic mass is 35.5. The predicted molar refractivity (Wildman–Crippen MR) is 104 cm³/mol. The standard InChI is InChI=1S/C19H19ClN2O7/c1-5-28-19(25)15-9(2)16(21-10(15)3)17(23)11(4)29-18(24)13-7-6-12(20)8-14(13)22(26)27/h6-8,11,21H,5H2,1-4H3. The molecule has 0 saturated heterocycles. The van der Waals surface area contributed by atoms with E-state index in [1.807, 2.05) is 0 Å². The number of nitro benzene ring substituents is 1. The first-order chi connectivity index (χ1) is 13.6. The van der Waals surface area contributed by atoms with E-state index in [4.69, 9.17) is 21.1 Å². The maximum atomic E-state index is 12.7. The average molecular weight is 423 g/mol. The largest absolute Gasteiger partial charge is 0.462 e. The summed E-state index contributed by atoms with van der Waals surface area (Å²) in [6.45, 7) is 6.37. The van der Waals surface area contributed by atoms with Crippen LogP contribution in [0.3, 0.4) is 0 Å². The van der Waals surface area contributed by atoms with Gasteiger partial charge in [0.25, 0.3) is 5.69 Å². The fourth-order valence-electron chi connectivity index (χ4n) is 2.82. The van der Waals surface area contributed by atoms with Gasteiger partial charge >= 0.3 is 11.9 Å². The molecular weight excluding hydrogens is 404 g/mol. The van der Waals surface area contributed by atoms with Crippen molar-refractivity contribution in [2.24, 2.45) is 0 Å². The summed E-state index contributed by atoms with van der Waals surface area (Å²) in [5.41, 5.74) is 0.283. The second-order valence-corrected chi connectivity index (χ2v) is 6.61. The number of carbonyl (C=O) groups excluding carboxylic acids is 3. The van der Waals surface area contributed by atoms with Gasteiger partial charge in [-0.1, -0.05) is 11.6 Å². The van der Waals surface area contributed by atoms with E-state index in [0.717, 1.165) is 12.1 Å². The summed E-state index contributed by atoms with van der Waals surface area (Å²) in [7, 11) is 0. The summed E-state index contributed by atoms with van der Waals surface area (Å²) in [5, 5.41) is 11.2. The minimum Gasteiger partial charge on any atom is -0.462 e. The molecule has 1 unspecified atom stereocenters. The number of ketones is 1. The summed E-state index contributed by atoms with van der Waals surface area (Å²) in [5.74, 6) is -2.20. The maximum absolute atomic E-state index is 12.7. The van der Waals surface area contributed by atoms with Crippen LogP contribution in [0.4, 0.5) is 5.69 Å². The number of aromatic amines is 1. The molecule has 10 heteroatoms. The zero-order valence-corrected chi connectivity index (χ0v) is 17.0. The van der Waals surface area contributed by atoms with Gasteiger partial charge in [0, 0.05) is 16.8 Å². The highest BCUT2D eigenvalue weighted by Crippen LogP contribution is 2.25. The molecule has 0 saturated carbocycles. The summed E-state index contributed by atoms with van der Waals surface area (Å²) < 4.78 is 10.1. The quantitative estimate of drug-likeness (QED) is 0.311. The van der Waals surface area contributed by atoms with Crippen molar-refractivity contribution < 1.29 is 28.8 Å². The van der Waals surface area contributed by atoms with E-state index in [1.165, 1.54) is 13.0 Å². The molecule has 2 aromatic rings. The Hall–Kier alpha value is -3.20. The second-order valence-electron chi connectivity index (χ2n) is 6.18. The lowest BCUT2D eigenvalue weighted by Gasteiger charge is -2.12. The second kappa shape index (κ2) is 8.87. The van der Waals surface area contributed by atoms with Crippen LogP contribution in [0, 0.1) is 24.0 Å². The van der Waals surface area contributed by atoms with Gasteiger partial charge < -0.3 is 14.5 Å². The molecule has 1 aromatic carbocycles. The molecule has 0 radical (unpaired) electrons. The number of Topliss-reactive ketones (excluding diaryl/α,β-unsaturated/α-hetero) is 1. The Kier molecular flexibility index (Phi) is 6.76. The first-order valence-corrected chi connectivity index (χ1v) is 9.01.